The average Bonchev–Trinajstić information content (AvgIpc) is 3.18. The first-order valence-electron chi connectivity index (χ1n) is 8.40. The molecule has 9 heteroatoms. The number of nitrogens with two attached hydrogens (primary N) is 1. The number of carbonyl (C=O) groups excluding carboxylic acids is 1. The van der Waals surface area contributed by atoms with Crippen molar-refractivity contribution in [2.24, 2.45) is 0 Å². The Bertz CT molecular complexity index is 940. The molecule has 0 atom stereocenters. The van der Waals surface area contributed by atoms with E-state index in [9.17, 15) is 4.79 Å². The van der Waals surface area contributed by atoms with Gasteiger partial charge in [-0.3, -0.25) is 4.79 Å². The van der Waals surface area contributed by atoms with Gasteiger partial charge in [0, 0.05) is 10.9 Å². The Morgan fingerprint density at radius 3 is 2.56 bits per heavy atom. The smallest absolute Gasteiger partial charge is 0.236 e. The van der Waals surface area contributed by atoms with E-state index in [1.165, 1.54) is 33.3 Å². The molecular weight excluding hydrogens is 380 g/mol. The van der Waals surface area contributed by atoms with Crippen LogP contribution in [0.25, 0.3) is 11.4 Å². The van der Waals surface area contributed by atoms with Crippen molar-refractivity contribution in [2.45, 2.75) is 38.3 Å². The summed E-state index contributed by atoms with van der Waals surface area (Å²) < 4.78 is 1.41. The van der Waals surface area contributed by atoms with Gasteiger partial charge in [0.05, 0.1) is 11.4 Å². The van der Waals surface area contributed by atoms with Crippen molar-refractivity contribution >= 4 is 34.1 Å². The lowest BCUT2D eigenvalue weighted by molar-refractivity contribution is -0.113. The molecule has 0 aliphatic heterocycles. The predicted molar refractivity (Wildman–Crippen MR) is 111 cm³/mol. The highest BCUT2D eigenvalue weighted by atomic mass is 32.2. The summed E-state index contributed by atoms with van der Waals surface area (Å²) in [7, 11) is 0. The molecule has 27 heavy (non-hydrogen) atoms. The van der Waals surface area contributed by atoms with E-state index < -0.39 is 0 Å². The first-order valence-corrected chi connectivity index (χ1v) is 10.3. The number of nitrogens with zero attached hydrogens (tertiary/aromatic N) is 4. The molecular formula is C18H22N6OS2. The number of rotatable bonds is 5. The van der Waals surface area contributed by atoms with E-state index in [2.05, 4.69) is 53.4 Å². The third-order valence-electron chi connectivity index (χ3n) is 3.87. The molecule has 3 N–H and O–H groups in total. The second-order valence-electron chi connectivity index (χ2n) is 7.13. The van der Waals surface area contributed by atoms with Crippen LogP contribution < -0.4 is 11.2 Å². The summed E-state index contributed by atoms with van der Waals surface area (Å²) in [6.45, 7) is 8.38. The zero-order valence-electron chi connectivity index (χ0n) is 15.7. The van der Waals surface area contributed by atoms with Crippen molar-refractivity contribution in [1.29, 1.82) is 0 Å². The Morgan fingerprint density at radius 2 is 1.96 bits per heavy atom. The number of thiazole rings is 1. The van der Waals surface area contributed by atoms with Gasteiger partial charge in [-0.2, -0.15) is 0 Å². The Hall–Kier alpha value is -2.39. The van der Waals surface area contributed by atoms with Gasteiger partial charge in [0.25, 0.3) is 0 Å². The van der Waals surface area contributed by atoms with Crippen LogP contribution in [0.3, 0.4) is 0 Å². The lowest BCUT2D eigenvalue weighted by Crippen LogP contribution is -2.16. The van der Waals surface area contributed by atoms with Gasteiger partial charge < -0.3 is 11.2 Å². The van der Waals surface area contributed by atoms with Gasteiger partial charge in [-0.15, -0.1) is 21.5 Å². The van der Waals surface area contributed by atoms with E-state index in [1.807, 2.05) is 24.4 Å². The summed E-state index contributed by atoms with van der Waals surface area (Å²) in [5.74, 6) is 6.71. The maximum Gasteiger partial charge on any atom is 0.236 e. The molecule has 2 heterocycles. The maximum atomic E-state index is 12.1. The van der Waals surface area contributed by atoms with Crippen molar-refractivity contribution in [1.82, 2.24) is 19.9 Å². The van der Waals surface area contributed by atoms with Gasteiger partial charge in [0.1, 0.15) is 0 Å². The van der Waals surface area contributed by atoms with Gasteiger partial charge in [0.15, 0.2) is 11.0 Å². The fourth-order valence-electron chi connectivity index (χ4n) is 2.39. The van der Waals surface area contributed by atoms with E-state index in [0.717, 1.165) is 11.3 Å². The summed E-state index contributed by atoms with van der Waals surface area (Å²) in [5, 5.41) is 14.0. The number of aromatic nitrogens is 4. The molecule has 0 unspecified atom stereocenters. The second kappa shape index (κ2) is 7.69. The summed E-state index contributed by atoms with van der Waals surface area (Å²) in [4.78, 5) is 16.3. The summed E-state index contributed by atoms with van der Waals surface area (Å²) >= 11 is 2.63. The van der Waals surface area contributed by atoms with E-state index in [1.54, 1.807) is 0 Å². The van der Waals surface area contributed by atoms with Crippen LogP contribution >= 0.6 is 23.1 Å². The van der Waals surface area contributed by atoms with Gasteiger partial charge in [-0.1, -0.05) is 56.8 Å². The number of benzene rings is 1. The number of carbonyl (C=O) groups is 1. The highest BCUT2D eigenvalue weighted by molar-refractivity contribution is 7.99. The van der Waals surface area contributed by atoms with Gasteiger partial charge >= 0.3 is 0 Å². The molecule has 3 aromatic rings. The number of nitrogen functional groups attached to an aromatic ring is 1. The van der Waals surface area contributed by atoms with Crippen molar-refractivity contribution < 1.29 is 4.79 Å². The Labute approximate surface area is 166 Å². The van der Waals surface area contributed by atoms with Crippen LogP contribution in [0, 0.1) is 6.92 Å². The number of hydrogen-bond acceptors (Lipinski definition) is 7. The van der Waals surface area contributed by atoms with Crippen molar-refractivity contribution in [3.63, 3.8) is 0 Å². The minimum Gasteiger partial charge on any atom is -0.335 e. The molecule has 142 valence electrons. The van der Waals surface area contributed by atoms with Crippen LogP contribution in [-0.4, -0.2) is 31.5 Å². The van der Waals surface area contributed by atoms with E-state index in [0.29, 0.717) is 16.1 Å². The van der Waals surface area contributed by atoms with Gasteiger partial charge in [-0.05, 0) is 17.9 Å². The van der Waals surface area contributed by atoms with E-state index >= 15 is 0 Å². The summed E-state index contributed by atoms with van der Waals surface area (Å²) in [6.07, 6.45) is 0. The Kier molecular flexibility index (Phi) is 5.52. The normalized spacial score (nSPS) is 11.6. The largest absolute Gasteiger partial charge is 0.335 e. The fourth-order valence-corrected chi connectivity index (χ4v) is 3.75. The maximum absolute atomic E-state index is 12.1. The molecule has 0 saturated carbocycles. The molecule has 0 aliphatic rings. The number of nitrogens with one attached hydrogen (secondary N) is 1. The molecule has 0 aliphatic carbocycles. The zero-order valence-corrected chi connectivity index (χ0v) is 17.3. The van der Waals surface area contributed by atoms with Crippen LogP contribution in [0.4, 0.5) is 5.13 Å². The highest BCUT2D eigenvalue weighted by Crippen LogP contribution is 2.26. The SMILES string of the molecule is Cc1csc(NC(=O)CSc2nnc(-c3ccc(C(C)(C)C)cc3)n2N)n1. The molecule has 0 fully saturated rings. The Morgan fingerprint density at radius 1 is 1.26 bits per heavy atom. The number of aryl methyl sites for hydroxylation is 1. The predicted octanol–water partition coefficient (Wildman–Crippen LogP) is 3.45. The van der Waals surface area contributed by atoms with Crippen LogP contribution in [0.15, 0.2) is 34.8 Å². The van der Waals surface area contributed by atoms with E-state index in [4.69, 9.17) is 5.84 Å². The second-order valence-corrected chi connectivity index (χ2v) is 8.94. The number of thioether (sulfide) groups is 1. The van der Waals surface area contributed by atoms with Crippen LogP contribution in [0.5, 0.6) is 0 Å². The first kappa shape index (κ1) is 19.4. The third kappa shape index (κ3) is 4.67. The van der Waals surface area contributed by atoms with Gasteiger partial charge in [-0.25, -0.2) is 9.66 Å². The molecule has 2 aromatic heterocycles. The quantitative estimate of drug-likeness (QED) is 0.501. The molecule has 0 spiro atoms. The number of anilines is 1. The van der Waals surface area contributed by atoms with E-state index in [-0.39, 0.29) is 17.1 Å². The molecule has 7 nitrogen and oxygen atoms in total. The molecule has 1 aromatic carbocycles. The van der Waals surface area contributed by atoms with Crippen LogP contribution in [0.2, 0.25) is 0 Å². The minimum absolute atomic E-state index is 0.0826. The first-order chi connectivity index (χ1) is 12.7. The fraction of sp³-hybridized carbons (Fsp3) is 0.333. The molecule has 0 radical (unpaired) electrons. The van der Waals surface area contributed by atoms with Crippen LogP contribution in [-0.2, 0) is 10.2 Å². The minimum atomic E-state index is -0.159. The average molecular weight is 403 g/mol. The lowest BCUT2D eigenvalue weighted by Gasteiger charge is -2.19. The lowest BCUT2D eigenvalue weighted by atomic mass is 9.87. The van der Waals surface area contributed by atoms with Crippen molar-refractivity contribution in [2.75, 3.05) is 16.9 Å². The topological polar surface area (TPSA) is 98.7 Å². The number of amides is 1. The van der Waals surface area contributed by atoms with Gasteiger partial charge in [0.2, 0.25) is 11.1 Å². The Balaban J connectivity index is 1.65. The molecule has 0 bridgehead atoms. The van der Waals surface area contributed by atoms with Crippen molar-refractivity contribution in [3.05, 3.63) is 40.9 Å². The standard InChI is InChI=1S/C18H22N6OS2/c1-11-9-26-16(20-11)21-14(25)10-27-17-23-22-15(24(17)19)12-5-7-13(8-6-12)18(2,3)4/h5-9H,10,19H2,1-4H3,(H,20,21,25). The summed E-state index contributed by atoms with van der Waals surface area (Å²) in [5.41, 5.74) is 3.08. The third-order valence-corrected chi connectivity index (χ3v) is 5.69. The van der Waals surface area contributed by atoms with Crippen molar-refractivity contribution in [3.8, 4) is 11.4 Å². The van der Waals surface area contributed by atoms with Crippen LogP contribution in [0.1, 0.15) is 32.0 Å². The molecule has 0 saturated heterocycles. The summed E-state index contributed by atoms with van der Waals surface area (Å²) in [6, 6.07) is 8.11. The monoisotopic (exact) mass is 402 g/mol. The number of hydrogen-bond donors (Lipinski definition) is 2. The molecule has 3 rings (SSSR count). The molecule has 1 amide bonds. The highest BCUT2D eigenvalue weighted by Gasteiger charge is 2.17. The zero-order chi connectivity index (χ0) is 19.6.